The van der Waals surface area contributed by atoms with Crippen molar-refractivity contribution in [2.45, 2.75) is 6.42 Å². The van der Waals surface area contributed by atoms with Gasteiger partial charge in [0.25, 0.3) is 0 Å². The van der Waals surface area contributed by atoms with Crippen LogP contribution in [0.25, 0.3) is 0 Å². The first-order valence-electron chi connectivity index (χ1n) is 6.02. The van der Waals surface area contributed by atoms with Crippen LogP contribution < -0.4 is 15.4 Å². The molecule has 1 saturated heterocycles. The van der Waals surface area contributed by atoms with E-state index in [1.54, 1.807) is 0 Å². The van der Waals surface area contributed by atoms with Crippen molar-refractivity contribution >= 4 is 5.91 Å². The Labute approximate surface area is 101 Å². The molecule has 1 aromatic rings. The lowest BCUT2D eigenvalue weighted by atomic mass is 10.1. The van der Waals surface area contributed by atoms with E-state index >= 15 is 0 Å². The summed E-state index contributed by atoms with van der Waals surface area (Å²) >= 11 is 0. The number of hydrogen-bond donors (Lipinski definition) is 2. The van der Waals surface area contributed by atoms with Crippen LogP contribution in [0.3, 0.4) is 0 Å². The van der Waals surface area contributed by atoms with Crippen molar-refractivity contribution in [3.05, 3.63) is 30.3 Å². The van der Waals surface area contributed by atoms with Crippen molar-refractivity contribution in [2.24, 2.45) is 5.92 Å². The molecule has 1 unspecified atom stereocenters. The summed E-state index contributed by atoms with van der Waals surface area (Å²) in [6.45, 7) is 2.81. The Balaban J connectivity index is 1.61. The number of para-hydroxylation sites is 1. The Morgan fingerprint density at radius 3 is 2.94 bits per heavy atom. The molecule has 2 N–H and O–H groups in total. The molecule has 0 radical (unpaired) electrons. The minimum Gasteiger partial charge on any atom is -0.492 e. The Kier molecular flexibility index (Phi) is 4.38. The number of amides is 1. The standard InChI is InChI=1S/C13H18N2O2/c16-13(11-6-7-14-10-11)15-8-9-17-12-4-2-1-3-5-12/h1-5,11,14H,6-10H2,(H,15,16). The minimum absolute atomic E-state index is 0.131. The van der Waals surface area contributed by atoms with Gasteiger partial charge < -0.3 is 15.4 Å². The van der Waals surface area contributed by atoms with Gasteiger partial charge in [0, 0.05) is 6.54 Å². The van der Waals surface area contributed by atoms with Gasteiger partial charge in [-0.3, -0.25) is 4.79 Å². The van der Waals surface area contributed by atoms with Gasteiger partial charge in [-0.05, 0) is 25.1 Å². The van der Waals surface area contributed by atoms with Gasteiger partial charge in [0.15, 0.2) is 0 Å². The lowest BCUT2D eigenvalue weighted by Gasteiger charge is -2.10. The van der Waals surface area contributed by atoms with E-state index in [1.165, 1.54) is 0 Å². The largest absolute Gasteiger partial charge is 0.492 e. The second-order valence-corrected chi connectivity index (χ2v) is 4.14. The third-order valence-electron chi connectivity index (χ3n) is 2.84. The molecule has 0 saturated carbocycles. The molecule has 1 atom stereocenters. The van der Waals surface area contributed by atoms with Crippen LogP contribution in [0, 0.1) is 5.92 Å². The van der Waals surface area contributed by atoms with Gasteiger partial charge in [-0.25, -0.2) is 0 Å². The summed E-state index contributed by atoms with van der Waals surface area (Å²) in [5.41, 5.74) is 0. The smallest absolute Gasteiger partial charge is 0.224 e. The average molecular weight is 234 g/mol. The Morgan fingerprint density at radius 2 is 2.24 bits per heavy atom. The normalized spacial score (nSPS) is 18.9. The summed E-state index contributed by atoms with van der Waals surface area (Å²) in [5, 5.41) is 6.07. The fourth-order valence-electron chi connectivity index (χ4n) is 1.88. The quantitative estimate of drug-likeness (QED) is 0.741. The number of carbonyl (C=O) groups excluding carboxylic acids is 1. The Bertz CT molecular complexity index is 348. The lowest BCUT2D eigenvalue weighted by Crippen LogP contribution is -2.34. The molecule has 1 aliphatic rings. The van der Waals surface area contributed by atoms with Gasteiger partial charge in [-0.1, -0.05) is 18.2 Å². The molecule has 4 nitrogen and oxygen atoms in total. The fourth-order valence-corrected chi connectivity index (χ4v) is 1.88. The number of rotatable bonds is 5. The van der Waals surface area contributed by atoms with Gasteiger partial charge in [0.1, 0.15) is 12.4 Å². The van der Waals surface area contributed by atoms with Crippen molar-refractivity contribution in [1.29, 1.82) is 0 Å². The predicted octanol–water partition coefficient (Wildman–Crippen LogP) is 0.791. The average Bonchev–Trinajstić information content (AvgIpc) is 2.89. The second kappa shape index (κ2) is 6.25. The molecule has 1 aliphatic heterocycles. The zero-order chi connectivity index (χ0) is 11.9. The van der Waals surface area contributed by atoms with E-state index in [-0.39, 0.29) is 11.8 Å². The molecule has 0 bridgehead atoms. The maximum Gasteiger partial charge on any atom is 0.224 e. The van der Waals surface area contributed by atoms with Gasteiger partial charge in [-0.2, -0.15) is 0 Å². The number of nitrogens with one attached hydrogen (secondary N) is 2. The van der Waals surface area contributed by atoms with Crippen LogP contribution in [0.2, 0.25) is 0 Å². The SMILES string of the molecule is O=C(NCCOc1ccccc1)C1CCNC1. The zero-order valence-corrected chi connectivity index (χ0v) is 9.82. The molecule has 17 heavy (non-hydrogen) atoms. The lowest BCUT2D eigenvalue weighted by molar-refractivity contribution is -0.124. The molecule has 1 aromatic carbocycles. The van der Waals surface area contributed by atoms with E-state index in [2.05, 4.69) is 10.6 Å². The van der Waals surface area contributed by atoms with E-state index in [4.69, 9.17) is 4.74 Å². The van der Waals surface area contributed by atoms with Crippen molar-refractivity contribution in [2.75, 3.05) is 26.2 Å². The number of hydrogen-bond acceptors (Lipinski definition) is 3. The van der Waals surface area contributed by atoms with Crippen molar-refractivity contribution < 1.29 is 9.53 Å². The molecule has 4 heteroatoms. The molecule has 1 fully saturated rings. The highest BCUT2D eigenvalue weighted by atomic mass is 16.5. The molecule has 0 spiro atoms. The van der Waals surface area contributed by atoms with Gasteiger partial charge >= 0.3 is 0 Å². The number of carbonyl (C=O) groups is 1. The first-order valence-corrected chi connectivity index (χ1v) is 6.02. The van der Waals surface area contributed by atoms with Crippen molar-refractivity contribution in [3.8, 4) is 5.75 Å². The molecule has 0 aromatic heterocycles. The summed E-state index contributed by atoms with van der Waals surface area (Å²) in [4.78, 5) is 11.6. The molecular weight excluding hydrogens is 216 g/mol. The van der Waals surface area contributed by atoms with Gasteiger partial charge in [0.05, 0.1) is 12.5 Å². The van der Waals surface area contributed by atoms with E-state index < -0.39 is 0 Å². The highest BCUT2D eigenvalue weighted by Crippen LogP contribution is 2.08. The summed E-state index contributed by atoms with van der Waals surface area (Å²) in [6, 6.07) is 9.61. The predicted molar refractivity (Wildman–Crippen MR) is 65.9 cm³/mol. The van der Waals surface area contributed by atoms with Gasteiger partial charge in [0.2, 0.25) is 5.91 Å². The maximum absolute atomic E-state index is 11.6. The Morgan fingerprint density at radius 1 is 1.41 bits per heavy atom. The molecule has 0 aliphatic carbocycles. The van der Waals surface area contributed by atoms with E-state index in [1.807, 2.05) is 30.3 Å². The van der Waals surface area contributed by atoms with Crippen LogP contribution in [0.15, 0.2) is 30.3 Å². The van der Waals surface area contributed by atoms with E-state index in [9.17, 15) is 4.79 Å². The Hall–Kier alpha value is -1.55. The minimum atomic E-state index is 0.131. The van der Waals surface area contributed by atoms with Crippen molar-refractivity contribution in [1.82, 2.24) is 10.6 Å². The summed E-state index contributed by atoms with van der Waals surface area (Å²) < 4.78 is 5.49. The van der Waals surface area contributed by atoms with Crippen LogP contribution in [0.5, 0.6) is 5.75 Å². The first kappa shape index (κ1) is 11.9. The molecule has 1 amide bonds. The summed E-state index contributed by atoms with van der Waals surface area (Å²) in [7, 11) is 0. The molecule has 1 heterocycles. The fraction of sp³-hybridized carbons (Fsp3) is 0.462. The molecule has 2 rings (SSSR count). The number of ether oxygens (including phenoxy) is 1. The highest BCUT2D eigenvalue weighted by Gasteiger charge is 2.21. The van der Waals surface area contributed by atoms with E-state index in [0.717, 1.165) is 25.3 Å². The summed E-state index contributed by atoms with van der Waals surface area (Å²) in [6.07, 6.45) is 0.936. The topological polar surface area (TPSA) is 50.4 Å². The monoisotopic (exact) mass is 234 g/mol. The zero-order valence-electron chi connectivity index (χ0n) is 9.82. The van der Waals surface area contributed by atoms with Crippen LogP contribution in [-0.2, 0) is 4.79 Å². The van der Waals surface area contributed by atoms with Crippen LogP contribution in [-0.4, -0.2) is 32.1 Å². The summed E-state index contributed by atoms with van der Waals surface area (Å²) in [5.74, 6) is 1.10. The highest BCUT2D eigenvalue weighted by molar-refractivity contribution is 5.79. The maximum atomic E-state index is 11.6. The molecular formula is C13H18N2O2. The van der Waals surface area contributed by atoms with Gasteiger partial charge in [-0.15, -0.1) is 0 Å². The number of benzene rings is 1. The third kappa shape index (κ3) is 3.75. The van der Waals surface area contributed by atoms with Crippen molar-refractivity contribution in [3.63, 3.8) is 0 Å². The third-order valence-corrected chi connectivity index (χ3v) is 2.84. The van der Waals surface area contributed by atoms with Crippen LogP contribution in [0.1, 0.15) is 6.42 Å². The second-order valence-electron chi connectivity index (χ2n) is 4.14. The van der Waals surface area contributed by atoms with E-state index in [0.29, 0.717) is 13.2 Å². The first-order chi connectivity index (χ1) is 8.36. The van der Waals surface area contributed by atoms with Crippen LogP contribution >= 0.6 is 0 Å². The molecule has 92 valence electrons. The van der Waals surface area contributed by atoms with Crippen LogP contribution in [0.4, 0.5) is 0 Å².